The van der Waals surface area contributed by atoms with Crippen molar-refractivity contribution in [1.82, 2.24) is 4.98 Å². The monoisotopic (exact) mass is 548 g/mol. The number of hydrogen-bond acceptors (Lipinski definition) is 7. The molecular formula is C28H25BrN2O5. The first-order valence-electron chi connectivity index (χ1n) is 11.4. The Kier molecular flexibility index (Phi) is 8.52. The van der Waals surface area contributed by atoms with Crippen LogP contribution in [0, 0.1) is 6.92 Å². The molecule has 1 aromatic heterocycles. The number of hydrogen-bond donors (Lipinski definition) is 0. The van der Waals surface area contributed by atoms with Crippen molar-refractivity contribution in [2.75, 3.05) is 6.61 Å². The number of esters is 1. The second kappa shape index (κ2) is 12.2. The molecular weight excluding hydrogens is 524 g/mol. The Morgan fingerprint density at radius 3 is 2.39 bits per heavy atom. The standard InChI is InChI=1S/C28H25BrN2O5/c1-3-33-28(32)26(21-11-13-23(29)14-12-21)31-35-17-20-9-15-24(16-10-20)34-18-25-19(2)36-27(30-25)22-7-5-4-6-8-22/h4-16H,3,17-18H2,1-2H3/b31-26-. The summed E-state index contributed by atoms with van der Waals surface area (Å²) in [6.45, 7) is 4.34. The Balaban J connectivity index is 1.35. The summed E-state index contributed by atoms with van der Waals surface area (Å²) in [6, 6.07) is 24.4. The topological polar surface area (TPSA) is 83.2 Å². The van der Waals surface area contributed by atoms with Gasteiger partial charge in [-0.15, -0.1) is 0 Å². The Bertz CT molecular complexity index is 1320. The number of nitrogens with zero attached hydrogens (tertiary/aromatic N) is 2. The van der Waals surface area contributed by atoms with E-state index in [4.69, 9.17) is 18.7 Å². The predicted octanol–water partition coefficient (Wildman–Crippen LogP) is 6.48. The van der Waals surface area contributed by atoms with Crippen molar-refractivity contribution in [3.8, 4) is 17.2 Å². The summed E-state index contributed by atoms with van der Waals surface area (Å²) < 4.78 is 17.7. The zero-order chi connectivity index (χ0) is 25.3. The molecule has 0 amide bonds. The van der Waals surface area contributed by atoms with Crippen molar-refractivity contribution in [2.24, 2.45) is 5.16 Å². The lowest BCUT2D eigenvalue weighted by Crippen LogP contribution is -2.19. The van der Waals surface area contributed by atoms with E-state index in [1.807, 2.05) is 73.7 Å². The van der Waals surface area contributed by atoms with Gasteiger partial charge in [-0.05, 0) is 55.8 Å². The molecule has 36 heavy (non-hydrogen) atoms. The molecule has 0 aliphatic rings. The van der Waals surface area contributed by atoms with Gasteiger partial charge < -0.3 is 18.7 Å². The van der Waals surface area contributed by atoms with Gasteiger partial charge in [-0.2, -0.15) is 0 Å². The predicted molar refractivity (Wildman–Crippen MR) is 140 cm³/mol. The van der Waals surface area contributed by atoms with Crippen LogP contribution in [0.5, 0.6) is 5.75 Å². The Labute approximate surface area is 217 Å². The van der Waals surface area contributed by atoms with E-state index in [1.54, 1.807) is 19.1 Å². The third-order valence-corrected chi connectivity index (χ3v) is 5.71. The summed E-state index contributed by atoms with van der Waals surface area (Å²) in [4.78, 5) is 22.4. The van der Waals surface area contributed by atoms with Crippen LogP contribution in [-0.4, -0.2) is 23.3 Å². The molecule has 0 unspecified atom stereocenters. The van der Waals surface area contributed by atoms with Gasteiger partial charge in [0.1, 0.15) is 30.4 Å². The van der Waals surface area contributed by atoms with Crippen molar-refractivity contribution in [3.63, 3.8) is 0 Å². The summed E-state index contributed by atoms with van der Waals surface area (Å²) in [5.74, 6) is 1.44. The van der Waals surface area contributed by atoms with Gasteiger partial charge >= 0.3 is 5.97 Å². The van der Waals surface area contributed by atoms with Crippen LogP contribution in [0.1, 0.15) is 29.5 Å². The number of carbonyl (C=O) groups excluding carboxylic acids is 1. The highest BCUT2D eigenvalue weighted by molar-refractivity contribution is 9.10. The van der Waals surface area contributed by atoms with Gasteiger partial charge in [0.05, 0.1) is 6.61 Å². The Morgan fingerprint density at radius 2 is 1.69 bits per heavy atom. The third kappa shape index (κ3) is 6.60. The molecule has 184 valence electrons. The third-order valence-electron chi connectivity index (χ3n) is 5.19. The largest absolute Gasteiger partial charge is 0.487 e. The number of aryl methyl sites for hydroxylation is 1. The maximum absolute atomic E-state index is 12.3. The minimum absolute atomic E-state index is 0.113. The molecule has 0 saturated heterocycles. The van der Waals surface area contributed by atoms with Gasteiger partial charge in [-0.3, -0.25) is 0 Å². The maximum Gasteiger partial charge on any atom is 0.361 e. The number of benzene rings is 3. The number of halogens is 1. The van der Waals surface area contributed by atoms with E-state index in [9.17, 15) is 4.79 Å². The molecule has 0 saturated carbocycles. The van der Waals surface area contributed by atoms with Gasteiger partial charge in [0.25, 0.3) is 0 Å². The van der Waals surface area contributed by atoms with Gasteiger partial charge in [0.2, 0.25) is 5.89 Å². The summed E-state index contributed by atoms with van der Waals surface area (Å²) in [7, 11) is 0. The van der Waals surface area contributed by atoms with Gasteiger partial charge in [-0.1, -0.05) is 63.6 Å². The van der Waals surface area contributed by atoms with Gasteiger partial charge in [0.15, 0.2) is 5.71 Å². The van der Waals surface area contributed by atoms with E-state index in [0.717, 1.165) is 27.1 Å². The molecule has 7 nitrogen and oxygen atoms in total. The molecule has 0 radical (unpaired) electrons. The van der Waals surface area contributed by atoms with Gasteiger partial charge in [0, 0.05) is 15.6 Å². The summed E-state index contributed by atoms with van der Waals surface area (Å²) in [5, 5.41) is 4.05. The van der Waals surface area contributed by atoms with Crippen LogP contribution in [0.2, 0.25) is 0 Å². The fourth-order valence-corrected chi connectivity index (χ4v) is 3.55. The van der Waals surface area contributed by atoms with E-state index in [0.29, 0.717) is 23.8 Å². The fraction of sp³-hybridized carbons (Fsp3) is 0.179. The normalized spacial score (nSPS) is 11.2. The highest BCUT2D eigenvalue weighted by atomic mass is 79.9. The van der Waals surface area contributed by atoms with Crippen LogP contribution >= 0.6 is 15.9 Å². The van der Waals surface area contributed by atoms with Gasteiger partial charge in [-0.25, -0.2) is 9.78 Å². The van der Waals surface area contributed by atoms with E-state index in [1.165, 1.54) is 0 Å². The number of ether oxygens (including phenoxy) is 2. The van der Waals surface area contributed by atoms with E-state index < -0.39 is 5.97 Å². The van der Waals surface area contributed by atoms with E-state index in [2.05, 4.69) is 26.1 Å². The SMILES string of the molecule is CCOC(=O)/C(=N\OCc1ccc(OCc2nc(-c3ccccc3)oc2C)cc1)c1ccc(Br)cc1. The average molecular weight is 549 g/mol. The lowest BCUT2D eigenvalue weighted by Gasteiger charge is -2.08. The quantitative estimate of drug-likeness (QED) is 0.128. The highest BCUT2D eigenvalue weighted by Gasteiger charge is 2.17. The second-order valence-corrected chi connectivity index (χ2v) is 8.68. The van der Waals surface area contributed by atoms with Crippen LogP contribution in [0.3, 0.4) is 0 Å². The molecule has 1 heterocycles. The molecule has 8 heteroatoms. The maximum atomic E-state index is 12.3. The van der Waals surface area contributed by atoms with E-state index >= 15 is 0 Å². The lowest BCUT2D eigenvalue weighted by atomic mass is 10.1. The van der Waals surface area contributed by atoms with Crippen molar-refractivity contribution in [3.05, 3.63) is 106 Å². The smallest absolute Gasteiger partial charge is 0.361 e. The number of oxime groups is 1. The number of oxazole rings is 1. The van der Waals surface area contributed by atoms with E-state index in [-0.39, 0.29) is 18.9 Å². The molecule has 0 atom stereocenters. The molecule has 3 aromatic carbocycles. The number of carbonyl (C=O) groups is 1. The molecule has 0 aliphatic heterocycles. The fourth-order valence-electron chi connectivity index (χ4n) is 3.29. The average Bonchev–Trinajstić information content (AvgIpc) is 3.28. The second-order valence-electron chi connectivity index (χ2n) is 7.76. The van der Waals surface area contributed by atoms with Crippen LogP contribution in [0.15, 0.2) is 92.9 Å². The Morgan fingerprint density at radius 1 is 0.972 bits per heavy atom. The molecule has 4 aromatic rings. The zero-order valence-corrected chi connectivity index (χ0v) is 21.5. The van der Waals surface area contributed by atoms with Crippen LogP contribution in [0.25, 0.3) is 11.5 Å². The first-order chi connectivity index (χ1) is 17.5. The summed E-state index contributed by atoms with van der Waals surface area (Å²) in [5.41, 5.74) is 3.26. The number of aromatic nitrogens is 1. The molecule has 0 N–H and O–H groups in total. The Hall–Kier alpha value is -3.91. The first kappa shape index (κ1) is 25.2. The molecule has 4 rings (SSSR count). The summed E-state index contributed by atoms with van der Waals surface area (Å²) in [6.07, 6.45) is 0. The summed E-state index contributed by atoms with van der Waals surface area (Å²) >= 11 is 3.38. The molecule has 0 fully saturated rings. The van der Waals surface area contributed by atoms with Crippen LogP contribution in [-0.2, 0) is 27.6 Å². The minimum Gasteiger partial charge on any atom is -0.487 e. The van der Waals surface area contributed by atoms with Crippen molar-refractivity contribution < 1.29 is 23.5 Å². The van der Waals surface area contributed by atoms with Crippen molar-refractivity contribution in [2.45, 2.75) is 27.1 Å². The first-order valence-corrected chi connectivity index (χ1v) is 12.2. The lowest BCUT2D eigenvalue weighted by molar-refractivity contribution is -0.135. The number of rotatable bonds is 10. The highest BCUT2D eigenvalue weighted by Crippen LogP contribution is 2.23. The molecule has 0 spiro atoms. The zero-order valence-electron chi connectivity index (χ0n) is 19.9. The van der Waals surface area contributed by atoms with Crippen LogP contribution < -0.4 is 4.74 Å². The molecule has 0 bridgehead atoms. The molecule has 0 aliphatic carbocycles. The van der Waals surface area contributed by atoms with Crippen LogP contribution in [0.4, 0.5) is 0 Å². The van der Waals surface area contributed by atoms with Crippen molar-refractivity contribution >= 4 is 27.6 Å². The van der Waals surface area contributed by atoms with Crippen molar-refractivity contribution in [1.29, 1.82) is 0 Å². The minimum atomic E-state index is -0.540.